The highest BCUT2D eigenvalue weighted by molar-refractivity contribution is 5.64. The molecule has 4 heteroatoms. The average Bonchev–Trinajstić information content (AvgIpc) is 2.56. The second-order valence-corrected chi connectivity index (χ2v) is 5.99. The van der Waals surface area contributed by atoms with Crippen molar-refractivity contribution in [2.24, 2.45) is 4.99 Å². The number of aliphatic imine (C=N–C) groups is 1. The number of halogens is 1. The molecule has 0 aliphatic carbocycles. The molecule has 0 bridgehead atoms. The van der Waals surface area contributed by atoms with E-state index in [1.165, 1.54) is 13.2 Å². The van der Waals surface area contributed by atoms with Gasteiger partial charge in [-0.2, -0.15) is 0 Å². The van der Waals surface area contributed by atoms with Gasteiger partial charge in [0.25, 0.3) is 0 Å². The Labute approximate surface area is 143 Å². The third-order valence-electron chi connectivity index (χ3n) is 4.18. The van der Waals surface area contributed by atoms with Crippen molar-refractivity contribution in [3.05, 3.63) is 58.4 Å². The second kappa shape index (κ2) is 7.95. The van der Waals surface area contributed by atoms with Gasteiger partial charge in [0.15, 0.2) is 11.6 Å². The monoisotopic (exact) mass is 328 g/mol. The molecular formula is C20H25FN2O. The summed E-state index contributed by atoms with van der Waals surface area (Å²) in [5.74, 6) is -0.00517. The highest BCUT2D eigenvalue weighted by Gasteiger charge is 2.11. The minimum Gasteiger partial charge on any atom is -0.493 e. The van der Waals surface area contributed by atoms with E-state index in [-0.39, 0.29) is 5.82 Å². The molecule has 0 aliphatic rings. The Bertz CT molecular complexity index is 741. The average molecular weight is 328 g/mol. The zero-order chi connectivity index (χ0) is 17.7. The van der Waals surface area contributed by atoms with Gasteiger partial charge in [-0.25, -0.2) is 9.38 Å². The molecule has 0 fully saturated rings. The predicted molar refractivity (Wildman–Crippen MR) is 98.1 cm³/mol. The fourth-order valence-corrected chi connectivity index (χ4v) is 2.56. The molecule has 0 saturated carbocycles. The first kappa shape index (κ1) is 18.0. The highest BCUT2D eigenvalue weighted by atomic mass is 19.1. The number of methoxy groups -OCH3 is 1. The van der Waals surface area contributed by atoms with E-state index >= 15 is 0 Å². The number of nitrogens with zero attached hydrogens (tertiary/aromatic N) is 2. The highest BCUT2D eigenvalue weighted by Crippen LogP contribution is 2.29. The molecule has 2 aromatic carbocycles. The van der Waals surface area contributed by atoms with Crippen LogP contribution in [0.3, 0.4) is 0 Å². The fraction of sp³-hybridized carbons (Fsp3) is 0.350. The van der Waals surface area contributed by atoms with Crippen molar-refractivity contribution < 1.29 is 9.13 Å². The van der Waals surface area contributed by atoms with Gasteiger partial charge in [-0.3, -0.25) is 0 Å². The standard InChI is InChI=1S/C20H25FN2O/c1-6-23(4)13-22-19-11-14(2)17(10-15(19)3)12-16-8-7-9-18(21)20(16)24-5/h7-11,13H,6,12H2,1-5H3/b22-13+. The van der Waals surface area contributed by atoms with Crippen molar-refractivity contribution in [3.63, 3.8) is 0 Å². The lowest BCUT2D eigenvalue weighted by Crippen LogP contribution is -2.14. The summed E-state index contributed by atoms with van der Waals surface area (Å²) < 4.78 is 19.1. The van der Waals surface area contributed by atoms with Crippen LogP contribution >= 0.6 is 0 Å². The van der Waals surface area contributed by atoms with Crippen LogP contribution in [0.15, 0.2) is 35.3 Å². The van der Waals surface area contributed by atoms with E-state index in [0.717, 1.165) is 34.5 Å². The SMILES string of the molecule is CCN(C)/C=N/c1cc(C)c(Cc2cccc(F)c2OC)cc1C. The molecule has 0 aromatic heterocycles. The Morgan fingerprint density at radius 2 is 1.92 bits per heavy atom. The molecule has 2 rings (SSSR count). The van der Waals surface area contributed by atoms with Crippen molar-refractivity contribution >= 4 is 12.0 Å². The van der Waals surface area contributed by atoms with Crippen LogP contribution in [0.2, 0.25) is 0 Å². The Balaban J connectivity index is 2.32. The van der Waals surface area contributed by atoms with Crippen molar-refractivity contribution in [2.75, 3.05) is 20.7 Å². The second-order valence-electron chi connectivity index (χ2n) is 5.99. The van der Waals surface area contributed by atoms with Crippen LogP contribution in [0.5, 0.6) is 5.75 Å². The number of aryl methyl sites for hydroxylation is 2. The van der Waals surface area contributed by atoms with Gasteiger partial charge < -0.3 is 9.64 Å². The Kier molecular flexibility index (Phi) is 5.96. The molecular weight excluding hydrogens is 303 g/mol. The lowest BCUT2D eigenvalue weighted by molar-refractivity contribution is 0.382. The first-order chi connectivity index (χ1) is 11.5. The van der Waals surface area contributed by atoms with Gasteiger partial charge in [-0.1, -0.05) is 18.2 Å². The molecule has 2 aromatic rings. The Morgan fingerprint density at radius 1 is 1.17 bits per heavy atom. The number of benzene rings is 2. The topological polar surface area (TPSA) is 24.8 Å². The first-order valence-electron chi connectivity index (χ1n) is 8.12. The molecule has 3 nitrogen and oxygen atoms in total. The third kappa shape index (κ3) is 4.13. The van der Waals surface area contributed by atoms with Gasteiger partial charge in [0, 0.05) is 25.6 Å². The number of ether oxygens (including phenoxy) is 1. The normalized spacial score (nSPS) is 11.1. The summed E-state index contributed by atoms with van der Waals surface area (Å²) in [6.07, 6.45) is 2.48. The third-order valence-corrected chi connectivity index (χ3v) is 4.18. The van der Waals surface area contributed by atoms with Crippen LogP contribution < -0.4 is 4.74 Å². The van der Waals surface area contributed by atoms with Crippen LogP contribution in [0.1, 0.15) is 29.2 Å². The molecule has 0 spiro atoms. The summed E-state index contributed by atoms with van der Waals surface area (Å²) in [6, 6.07) is 9.24. The molecule has 0 radical (unpaired) electrons. The van der Waals surface area contributed by atoms with E-state index in [2.05, 4.69) is 31.0 Å². The maximum Gasteiger partial charge on any atom is 0.165 e. The van der Waals surface area contributed by atoms with Crippen molar-refractivity contribution in [3.8, 4) is 5.75 Å². The quantitative estimate of drug-likeness (QED) is 0.569. The van der Waals surface area contributed by atoms with E-state index in [4.69, 9.17) is 4.74 Å². The number of hydrogen-bond acceptors (Lipinski definition) is 2. The molecule has 0 heterocycles. The molecule has 24 heavy (non-hydrogen) atoms. The van der Waals surface area contributed by atoms with Crippen LogP contribution in [-0.4, -0.2) is 31.9 Å². The summed E-state index contributed by atoms with van der Waals surface area (Å²) in [7, 11) is 3.50. The van der Waals surface area contributed by atoms with Crippen LogP contribution in [0.4, 0.5) is 10.1 Å². The van der Waals surface area contributed by atoms with Crippen LogP contribution in [0, 0.1) is 19.7 Å². The first-order valence-corrected chi connectivity index (χ1v) is 8.12. The molecule has 128 valence electrons. The molecule has 0 N–H and O–H groups in total. The smallest absolute Gasteiger partial charge is 0.165 e. The minimum atomic E-state index is -0.326. The van der Waals surface area contributed by atoms with Crippen molar-refractivity contribution in [2.45, 2.75) is 27.2 Å². The largest absolute Gasteiger partial charge is 0.493 e. The van der Waals surface area contributed by atoms with Gasteiger partial charge in [-0.15, -0.1) is 0 Å². The molecule has 0 saturated heterocycles. The summed E-state index contributed by atoms with van der Waals surface area (Å²) in [6.45, 7) is 7.10. The molecule has 0 amide bonds. The van der Waals surface area contributed by atoms with Gasteiger partial charge in [0.1, 0.15) is 0 Å². The van der Waals surface area contributed by atoms with Gasteiger partial charge in [-0.05, 0) is 49.6 Å². The van der Waals surface area contributed by atoms with E-state index in [0.29, 0.717) is 12.2 Å². The fourth-order valence-electron chi connectivity index (χ4n) is 2.56. The summed E-state index contributed by atoms with van der Waals surface area (Å²) >= 11 is 0. The van der Waals surface area contributed by atoms with Gasteiger partial charge >= 0.3 is 0 Å². The zero-order valence-electron chi connectivity index (χ0n) is 15.1. The Hall–Kier alpha value is -2.36. The lowest BCUT2D eigenvalue weighted by Gasteiger charge is -2.14. The maximum absolute atomic E-state index is 13.9. The van der Waals surface area contributed by atoms with Crippen molar-refractivity contribution in [1.82, 2.24) is 4.90 Å². The minimum absolute atomic E-state index is 0.321. The van der Waals surface area contributed by atoms with Crippen LogP contribution in [0.25, 0.3) is 0 Å². The van der Waals surface area contributed by atoms with E-state index in [1.54, 1.807) is 6.07 Å². The number of hydrogen-bond donors (Lipinski definition) is 0. The van der Waals surface area contributed by atoms with E-state index < -0.39 is 0 Å². The summed E-state index contributed by atoms with van der Waals surface area (Å²) in [4.78, 5) is 6.58. The molecule has 0 unspecified atom stereocenters. The number of para-hydroxylation sites is 1. The summed E-state index contributed by atoms with van der Waals surface area (Å²) in [5, 5.41) is 0. The maximum atomic E-state index is 13.9. The van der Waals surface area contributed by atoms with E-state index in [1.807, 2.05) is 31.3 Å². The van der Waals surface area contributed by atoms with E-state index in [9.17, 15) is 4.39 Å². The van der Waals surface area contributed by atoms with Gasteiger partial charge in [0.05, 0.1) is 19.1 Å². The summed E-state index contributed by atoms with van der Waals surface area (Å²) in [5.41, 5.74) is 5.20. The molecule has 0 atom stereocenters. The zero-order valence-corrected chi connectivity index (χ0v) is 15.1. The number of rotatable bonds is 6. The van der Waals surface area contributed by atoms with Crippen molar-refractivity contribution in [1.29, 1.82) is 0 Å². The van der Waals surface area contributed by atoms with Gasteiger partial charge in [0.2, 0.25) is 0 Å². The van der Waals surface area contributed by atoms with Crippen LogP contribution in [-0.2, 0) is 6.42 Å². The predicted octanol–water partition coefficient (Wildman–Crippen LogP) is 4.65. The Morgan fingerprint density at radius 3 is 2.58 bits per heavy atom. The molecule has 0 aliphatic heterocycles. The lowest BCUT2D eigenvalue weighted by atomic mass is 9.97.